The lowest BCUT2D eigenvalue weighted by Crippen LogP contribution is -2.32. The van der Waals surface area contributed by atoms with Gasteiger partial charge in [0.1, 0.15) is 0 Å². The van der Waals surface area contributed by atoms with Gasteiger partial charge < -0.3 is 10.5 Å². The minimum absolute atomic E-state index is 0.111. The molecule has 0 rings (SSSR count). The van der Waals surface area contributed by atoms with Crippen LogP contribution in [0.4, 0.5) is 0 Å². The normalized spacial score (nSPS) is 12.9. The van der Waals surface area contributed by atoms with Crippen molar-refractivity contribution in [3.8, 4) is 0 Å². The highest BCUT2D eigenvalue weighted by molar-refractivity contribution is 5.72. The van der Waals surface area contributed by atoms with Gasteiger partial charge in [0.05, 0.1) is 13.0 Å². The van der Waals surface area contributed by atoms with Crippen LogP contribution in [0, 0.1) is 11.8 Å². The first-order valence-electron chi connectivity index (χ1n) is 5.49. The second-order valence-electron chi connectivity index (χ2n) is 3.70. The lowest BCUT2D eigenvalue weighted by Gasteiger charge is -2.23. The third-order valence-corrected chi connectivity index (χ3v) is 2.65. The van der Waals surface area contributed by atoms with Crippen LogP contribution in [-0.2, 0) is 9.53 Å². The van der Waals surface area contributed by atoms with Gasteiger partial charge in [0.15, 0.2) is 0 Å². The number of nitrogens with two attached hydrogens (primary N) is 1. The van der Waals surface area contributed by atoms with Crippen molar-refractivity contribution in [1.29, 1.82) is 0 Å². The van der Waals surface area contributed by atoms with Crippen LogP contribution in [0.1, 0.15) is 39.5 Å². The molecule has 1 unspecified atom stereocenters. The van der Waals surface area contributed by atoms with Crippen LogP contribution >= 0.6 is 0 Å². The molecule has 2 N–H and O–H groups in total. The van der Waals surface area contributed by atoms with E-state index >= 15 is 0 Å². The summed E-state index contributed by atoms with van der Waals surface area (Å²) in [5.41, 5.74) is 5.61. The van der Waals surface area contributed by atoms with Crippen molar-refractivity contribution in [3.05, 3.63) is 0 Å². The molecule has 0 heterocycles. The van der Waals surface area contributed by atoms with Crippen molar-refractivity contribution < 1.29 is 9.53 Å². The highest BCUT2D eigenvalue weighted by Crippen LogP contribution is 2.23. The summed E-state index contributed by atoms with van der Waals surface area (Å²) in [6, 6.07) is 0. The van der Waals surface area contributed by atoms with Gasteiger partial charge in [-0.1, -0.05) is 26.7 Å². The predicted octanol–water partition coefficient (Wildman–Crippen LogP) is 1.95. The summed E-state index contributed by atoms with van der Waals surface area (Å²) in [5, 5.41) is 0. The van der Waals surface area contributed by atoms with E-state index in [0.717, 1.165) is 25.7 Å². The Bertz CT molecular complexity index is 153. The summed E-state index contributed by atoms with van der Waals surface area (Å²) >= 11 is 0. The van der Waals surface area contributed by atoms with Crippen molar-refractivity contribution in [3.63, 3.8) is 0 Å². The van der Waals surface area contributed by atoms with Gasteiger partial charge in [-0.05, 0) is 18.8 Å². The highest BCUT2D eigenvalue weighted by Gasteiger charge is 2.26. The topological polar surface area (TPSA) is 52.3 Å². The zero-order chi connectivity index (χ0) is 11.0. The van der Waals surface area contributed by atoms with Crippen LogP contribution < -0.4 is 5.73 Å². The first-order valence-corrected chi connectivity index (χ1v) is 5.49. The van der Waals surface area contributed by atoms with E-state index in [1.54, 1.807) is 0 Å². The fraction of sp³-hybridized carbons (Fsp3) is 0.909. The van der Waals surface area contributed by atoms with Gasteiger partial charge in [-0.15, -0.1) is 0 Å². The standard InChI is InChI=1S/C11H23NO2/c1-4-6-9(7-5-2)10(8-12)11(13)14-3/h9-10H,4-8,12H2,1-3H3. The van der Waals surface area contributed by atoms with E-state index in [0.29, 0.717) is 12.5 Å². The number of hydrogen-bond acceptors (Lipinski definition) is 3. The molecule has 0 aliphatic heterocycles. The van der Waals surface area contributed by atoms with Crippen LogP contribution in [-0.4, -0.2) is 19.6 Å². The first kappa shape index (κ1) is 13.4. The van der Waals surface area contributed by atoms with Gasteiger partial charge in [0.2, 0.25) is 0 Å². The van der Waals surface area contributed by atoms with Crippen molar-refractivity contribution in [1.82, 2.24) is 0 Å². The van der Waals surface area contributed by atoms with Crippen molar-refractivity contribution in [2.75, 3.05) is 13.7 Å². The molecule has 0 amide bonds. The maximum absolute atomic E-state index is 11.4. The van der Waals surface area contributed by atoms with E-state index in [-0.39, 0.29) is 11.9 Å². The molecule has 84 valence electrons. The third kappa shape index (κ3) is 4.09. The van der Waals surface area contributed by atoms with E-state index in [9.17, 15) is 4.79 Å². The van der Waals surface area contributed by atoms with E-state index in [2.05, 4.69) is 13.8 Å². The lowest BCUT2D eigenvalue weighted by molar-refractivity contribution is -0.147. The molecule has 0 aromatic heterocycles. The molecule has 0 bridgehead atoms. The van der Waals surface area contributed by atoms with Crippen LogP contribution in [0.15, 0.2) is 0 Å². The monoisotopic (exact) mass is 201 g/mol. The largest absolute Gasteiger partial charge is 0.469 e. The fourth-order valence-corrected chi connectivity index (χ4v) is 1.92. The van der Waals surface area contributed by atoms with E-state index in [1.165, 1.54) is 7.11 Å². The molecule has 0 aliphatic rings. The summed E-state index contributed by atoms with van der Waals surface area (Å²) < 4.78 is 4.76. The van der Waals surface area contributed by atoms with Gasteiger partial charge in [-0.25, -0.2) is 0 Å². The van der Waals surface area contributed by atoms with E-state index < -0.39 is 0 Å². The molecule has 3 heteroatoms. The quantitative estimate of drug-likeness (QED) is 0.640. The molecule has 0 aromatic rings. The first-order chi connectivity index (χ1) is 6.71. The lowest BCUT2D eigenvalue weighted by atomic mass is 9.85. The zero-order valence-electron chi connectivity index (χ0n) is 9.58. The molecular weight excluding hydrogens is 178 g/mol. The summed E-state index contributed by atoms with van der Waals surface area (Å²) in [6.07, 6.45) is 4.31. The Morgan fingerprint density at radius 2 is 1.79 bits per heavy atom. The Morgan fingerprint density at radius 1 is 1.29 bits per heavy atom. The molecule has 1 atom stereocenters. The maximum atomic E-state index is 11.4. The number of esters is 1. The predicted molar refractivity (Wildman–Crippen MR) is 57.9 cm³/mol. The molecule has 0 aromatic carbocycles. The summed E-state index contributed by atoms with van der Waals surface area (Å²) in [4.78, 5) is 11.4. The average Bonchev–Trinajstić information content (AvgIpc) is 2.19. The highest BCUT2D eigenvalue weighted by atomic mass is 16.5. The summed E-state index contributed by atoms with van der Waals surface area (Å²) in [6.45, 7) is 4.67. The average molecular weight is 201 g/mol. The minimum atomic E-state index is -0.153. The van der Waals surface area contributed by atoms with Gasteiger partial charge in [-0.2, -0.15) is 0 Å². The third-order valence-electron chi connectivity index (χ3n) is 2.65. The zero-order valence-corrected chi connectivity index (χ0v) is 9.58. The van der Waals surface area contributed by atoms with E-state index in [4.69, 9.17) is 10.5 Å². The summed E-state index contributed by atoms with van der Waals surface area (Å²) in [7, 11) is 1.43. The number of rotatable bonds is 7. The Hall–Kier alpha value is -0.570. The molecule has 0 spiro atoms. The number of methoxy groups -OCH3 is 1. The van der Waals surface area contributed by atoms with Gasteiger partial charge >= 0.3 is 5.97 Å². The second-order valence-corrected chi connectivity index (χ2v) is 3.70. The smallest absolute Gasteiger partial charge is 0.310 e. The second kappa shape index (κ2) is 7.80. The van der Waals surface area contributed by atoms with Crippen LogP contribution in [0.2, 0.25) is 0 Å². The Labute approximate surface area is 87.0 Å². The Kier molecular flexibility index (Phi) is 7.48. The number of carbonyl (C=O) groups is 1. The van der Waals surface area contributed by atoms with Crippen molar-refractivity contribution in [2.24, 2.45) is 17.6 Å². The fourth-order valence-electron chi connectivity index (χ4n) is 1.92. The maximum Gasteiger partial charge on any atom is 0.310 e. The minimum Gasteiger partial charge on any atom is -0.469 e. The van der Waals surface area contributed by atoms with Gasteiger partial charge in [0.25, 0.3) is 0 Å². The molecular formula is C11H23NO2. The molecule has 0 saturated heterocycles. The molecule has 3 nitrogen and oxygen atoms in total. The van der Waals surface area contributed by atoms with Crippen LogP contribution in [0.5, 0.6) is 0 Å². The van der Waals surface area contributed by atoms with Gasteiger partial charge in [-0.3, -0.25) is 4.79 Å². The van der Waals surface area contributed by atoms with E-state index in [1.807, 2.05) is 0 Å². The molecule has 14 heavy (non-hydrogen) atoms. The van der Waals surface area contributed by atoms with Crippen molar-refractivity contribution in [2.45, 2.75) is 39.5 Å². The Balaban J connectivity index is 4.31. The molecule has 0 fully saturated rings. The van der Waals surface area contributed by atoms with Crippen LogP contribution in [0.25, 0.3) is 0 Å². The number of carbonyl (C=O) groups excluding carboxylic acids is 1. The van der Waals surface area contributed by atoms with Gasteiger partial charge in [0, 0.05) is 6.54 Å². The molecule has 0 aliphatic carbocycles. The Morgan fingerprint density at radius 3 is 2.07 bits per heavy atom. The number of ether oxygens (including phenoxy) is 1. The SMILES string of the molecule is CCCC(CCC)C(CN)C(=O)OC. The van der Waals surface area contributed by atoms with Crippen molar-refractivity contribution >= 4 is 5.97 Å². The van der Waals surface area contributed by atoms with Crippen LogP contribution in [0.3, 0.4) is 0 Å². The molecule has 0 saturated carbocycles. The number of hydrogen-bond donors (Lipinski definition) is 1. The summed E-state index contributed by atoms with van der Waals surface area (Å²) in [5.74, 6) is 0.127. The molecule has 0 radical (unpaired) electrons.